The Labute approximate surface area is 159 Å². The van der Waals surface area contributed by atoms with Crippen molar-refractivity contribution in [2.45, 2.75) is 19.3 Å². The SMILES string of the molecule is O=C(Cn1c(C(F)(F)F)nc2ccccc21)Nc1ccc(OC(F)F)c(Cl)c1. The van der Waals surface area contributed by atoms with Crippen LogP contribution in [0, 0.1) is 0 Å². The predicted octanol–water partition coefficient (Wildman–Crippen LogP) is 4.95. The number of ether oxygens (including phenoxy) is 1. The van der Waals surface area contributed by atoms with Crippen LogP contribution in [0.3, 0.4) is 0 Å². The lowest BCUT2D eigenvalue weighted by Gasteiger charge is -2.12. The largest absolute Gasteiger partial charge is 0.449 e. The molecule has 3 rings (SSSR count). The normalized spacial score (nSPS) is 11.8. The van der Waals surface area contributed by atoms with Crippen LogP contribution in [0.4, 0.5) is 27.6 Å². The summed E-state index contributed by atoms with van der Waals surface area (Å²) in [6, 6.07) is 9.37. The number of alkyl halides is 5. The second-order valence-electron chi connectivity index (χ2n) is 5.58. The van der Waals surface area contributed by atoms with Crippen molar-refractivity contribution in [3.8, 4) is 5.75 Å². The third-order valence-corrected chi connectivity index (χ3v) is 3.94. The molecule has 0 aliphatic heterocycles. The highest BCUT2D eigenvalue weighted by atomic mass is 35.5. The minimum Gasteiger partial charge on any atom is -0.433 e. The Morgan fingerprint density at radius 3 is 2.57 bits per heavy atom. The first-order chi connectivity index (χ1) is 13.1. The Balaban J connectivity index is 1.83. The maximum atomic E-state index is 13.3. The number of anilines is 1. The Kier molecular flexibility index (Phi) is 5.41. The van der Waals surface area contributed by atoms with Crippen LogP contribution in [0.25, 0.3) is 11.0 Å². The molecule has 0 spiro atoms. The fraction of sp³-hybridized carbons (Fsp3) is 0.176. The second-order valence-corrected chi connectivity index (χ2v) is 5.99. The number of benzene rings is 2. The first-order valence-electron chi connectivity index (χ1n) is 7.72. The van der Waals surface area contributed by atoms with Crippen LogP contribution in [0.2, 0.25) is 5.02 Å². The number of hydrogen-bond donors (Lipinski definition) is 1. The fourth-order valence-corrected chi connectivity index (χ4v) is 2.79. The van der Waals surface area contributed by atoms with Crippen LogP contribution >= 0.6 is 11.6 Å². The van der Waals surface area contributed by atoms with Crippen LogP contribution in [-0.4, -0.2) is 22.1 Å². The van der Waals surface area contributed by atoms with E-state index in [0.29, 0.717) is 0 Å². The van der Waals surface area contributed by atoms with Gasteiger partial charge in [0.2, 0.25) is 11.7 Å². The third-order valence-electron chi connectivity index (χ3n) is 3.64. The van der Waals surface area contributed by atoms with Crippen LogP contribution in [0.15, 0.2) is 42.5 Å². The number of nitrogens with zero attached hydrogens (tertiary/aromatic N) is 2. The molecule has 11 heteroatoms. The molecule has 1 N–H and O–H groups in total. The Bertz CT molecular complexity index is 1020. The standard InChI is InChI=1S/C17H11ClF5N3O2/c18-10-7-9(5-6-13(10)28-16(19)20)24-14(27)8-26-12-4-2-1-3-11(12)25-15(26)17(21,22)23/h1-7,16H,8H2,(H,24,27). The maximum Gasteiger partial charge on any atom is 0.449 e. The van der Waals surface area contributed by atoms with Crippen molar-refractivity contribution in [3.05, 3.63) is 53.3 Å². The van der Waals surface area contributed by atoms with E-state index in [0.717, 1.165) is 16.7 Å². The van der Waals surface area contributed by atoms with E-state index in [4.69, 9.17) is 11.6 Å². The van der Waals surface area contributed by atoms with Gasteiger partial charge in [0.05, 0.1) is 16.1 Å². The molecule has 0 aliphatic carbocycles. The van der Waals surface area contributed by atoms with Crippen LogP contribution in [0.1, 0.15) is 5.82 Å². The molecule has 148 valence electrons. The maximum absolute atomic E-state index is 13.3. The lowest BCUT2D eigenvalue weighted by molar-refractivity contribution is -0.147. The molecule has 3 aromatic rings. The number of imidazole rings is 1. The number of fused-ring (bicyclic) bond motifs is 1. The molecule has 0 saturated carbocycles. The van der Waals surface area contributed by atoms with E-state index >= 15 is 0 Å². The number of rotatable bonds is 5. The van der Waals surface area contributed by atoms with Gasteiger partial charge < -0.3 is 14.6 Å². The monoisotopic (exact) mass is 419 g/mol. The highest BCUT2D eigenvalue weighted by Gasteiger charge is 2.38. The minimum absolute atomic E-state index is 0.0965. The molecule has 0 fully saturated rings. The van der Waals surface area contributed by atoms with Crippen molar-refractivity contribution in [2.75, 3.05) is 5.32 Å². The van der Waals surface area contributed by atoms with Gasteiger partial charge in [-0.15, -0.1) is 0 Å². The Morgan fingerprint density at radius 1 is 1.21 bits per heavy atom. The zero-order chi connectivity index (χ0) is 20.5. The lowest BCUT2D eigenvalue weighted by Crippen LogP contribution is -2.23. The number of aromatic nitrogens is 2. The van der Waals surface area contributed by atoms with Crippen molar-refractivity contribution in [2.24, 2.45) is 0 Å². The first-order valence-corrected chi connectivity index (χ1v) is 8.09. The number of carbonyl (C=O) groups excluding carboxylic acids is 1. The molecule has 0 radical (unpaired) electrons. The van der Waals surface area contributed by atoms with Gasteiger partial charge in [-0.1, -0.05) is 23.7 Å². The molecule has 1 aromatic heterocycles. The second kappa shape index (κ2) is 7.63. The van der Waals surface area contributed by atoms with Gasteiger partial charge >= 0.3 is 12.8 Å². The van der Waals surface area contributed by atoms with Gasteiger partial charge in [-0.05, 0) is 30.3 Å². The van der Waals surface area contributed by atoms with E-state index in [1.54, 1.807) is 0 Å². The Hall–Kier alpha value is -2.88. The summed E-state index contributed by atoms with van der Waals surface area (Å²) in [5.74, 6) is -2.29. The first kappa shape index (κ1) is 19.9. The van der Waals surface area contributed by atoms with Gasteiger partial charge in [0, 0.05) is 5.69 Å². The summed E-state index contributed by atoms with van der Waals surface area (Å²) in [7, 11) is 0. The molecule has 1 amide bonds. The topological polar surface area (TPSA) is 56.2 Å². The molecule has 0 bridgehead atoms. The summed E-state index contributed by atoms with van der Waals surface area (Å²) < 4.78 is 69.2. The molecule has 0 unspecified atom stereocenters. The lowest BCUT2D eigenvalue weighted by atomic mass is 10.3. The third kappa shape index (κ3) is 4.33. The highest BCUT2D eigenvalue weighted by molar-refractivity contribution is 6.32. The molecular weight excluding hydrogens is 409 g/mol. The molecule has 2 aromatic carbocycles. The van der Waals surface area contributed by atoms with Crippen LogP contribution in [-0.2, 0) is 17.5 Å². The van der Waals surface area contributed by atoms with Crippen molar-refractivity contribution in [1.29, 1.82) is 0 Å². The number of nitrogens with one attached hydrogen (secondary N) is 1. The molecule has 5 nitrogen and oxygen atoms in total. The molecular formula is C17H11ClF5N3O2. The van der Waals surface area contributed by atoms with Gasteiger partial charge in [0.25, 0.3) is 0 Å². The van der Waals surface area contributed by atoms with E-state index in [2.05, 4.69) is 15.0 Å². The van der Waals surface area contributed by atoms with Crippen molar-refractivity contribution in [1.82, 2.24) is 9.55 Å². The quantitative estimate of drug-likeness (QED) is 0.595. The van der Waals surface area contributed by atoms with Crippen molar-refractivity contribution < 1.29 is 31.5 Å². The van der Waals surface area contributed by atoms with E-state index in [1.807, 2.05) is 0 Å². The number of hydrogen-bond acceptors (Lipinski definition) is 3. The zero-order valence-corrected chi connectivity index (χ0v) is 14.6. The Morgan fingerprint density at radius 2 is 1.93 bits per heavy atom. The van der Waals surface area contributed by atoms with E-state index in [1.165, 1.54) is 30.3 Å². The number of para-hydroxylation sites is 2. The van der Waals surface area contributed by atoms with Crippen LogP contribution in [0.5, 0.6) is 5.75 Å². The number of halogens is 6. The average Bonchev–Trinajstić information content (AvgIpc) is 2.96. The summed E-state index contributed by atoms with van der Waals surface area (Å²) in [4.78, 5) is 15.8. The summed E-state index contributed by atoms with van der Waals surface area (Å²) in [6.07, 6.45) is -4.75. The van der Waals surface area contributed by atoms with Crippen molar-refractivity contribution >= 4 is 34.2 Å². The molecule has 1 heterocycles. The summed E-state index contributed by atoms with van der Waals surface area (Å²) in [5.41, 5.74) is 0.345. The molecule has 0 atom stereocenters. The number of amides is 1. The van der Waals surface area contributed by atoms with Gasteiger partial charge in [-0.2, -0.15) is 22.0 Å². The van der Waals surface area contributed by atoms with E-state index < -0.39 is 31.1 Å². The van der Waals surface area contributed by atoms with Gasteiger partial charge in [-0.3, -0.25) is 4.79 Å². The van der Waals surface area contributed by atoms with Crippen molar-refractivity contribution in [3.63, 3.8) is 0 Å². The predicted molar refractivity (Wildman–Crippen MR) is 91.4 cm³/mol. The fourth-order valence-electron chi connectivity index (χ4n) is 2.57. The smallest absolute Gasteiger partial charge is 0.433 e. The van der Waals surface area contributed by atoms with Gasteiger partial charge in [0.15, 0.2) is 0 Å². The summed E-state index contributed by atoms with van der Waals surface area (Å²) in [5, 5.41) is 2.17. The number of carbonyl (C=O) groups is 1. The van der Waals surface area contributed by atoms with Gasteiger partial charge in [-0.25, -0.2) is 4.98 Å². The summed E-state index contributed by atoms with van der Waals surface area (Å²) in [6.45, 7) is -3.74. The molecule has 0 aliphatic rings. The molecule has 0 saturated heterocycles. The van der Waals surface area contributed by atoms with Gasteiger partial charge in [0.1, 0.15) is 12.3 Å². The summed E-state index contributed by atoms with van der Waals surface area (Å²) >= 11 is 5.79. The van der Waals surface area contributed by atoms with Crippen LogP contribution < -0.4 is 10.1 Å². The highest BCUT2D eigenvalue weighted by Crippen LogP contribution is 2.32. The average molecular weight is 420 g/mol. The molecule has 28 heavy (non-hydrogen) atoms. The minimum atomic E-state index is -4.75. The van der Waals surface area contributed by atoms with E-state index in [9.17, 15) is 26.7 Å². The zero-order valence-electron chi connectivity index (χ0n) is 13.8. The van der Waals surface area contributed by atoms with E-state index in [-0.39, 0.29) is 27.5 Å².